The van der Waals surface area contributed by atoms with Crippen LogP contribution in [0.1, 0.15) is 174 Å². The molecule has 0 bridgehead atoms. The molecule has 49 heteroatoms. The summed E-state index contributed by atoms with van der Waals surface area (Å²) in [6.45, 7) is -0.446. The Bertz CT molecular complexity index is 3400. The number of hydrogen-bond donors (Lipinski definition) is 23. The number of hydroxylamine groups is 2. The van der Waals surface area contributed by atoms with Gasteiger partial charge in [-0.2, -0.15) is 0 Å². The number of carbonyl (C=O) groups is 12. The third kappa shape index (κ3) is 40.0. The van der Waals surface area contributed by atoms with E-state index in [0.717, 1.165) is 0 Å². The molecule has 6 heterocycles. The van der Waals surface area contributed by atoms with E-state index < -0.39 is 227 Å². The second kappa shape index (κ2) is 61.4. The molecule has 25 atom stereocenters. The highest BCUT2D eigenvalue weighted by molar-refractivity contribution is 6.01. The number of rotatable bonds is 64. The lowest BCUT2D eigenvalue weighted by Gasteiger charge is -2.46. The van der Waals surface area contributed by atoms with E-state index in [2.05, 4.69) is 37.2 Å². The molecule has 0 aromatic heterocycles. The normalized spacial score (nSPS) is 29.7. The van der Waals surface area contributed by atoms with Crippen LogP contribution in [-0.4, -0.2) is 446 Å². The van der Waals surface area contributed by atoms with Crippen LogP contribution < -0.4 is 37.2 Å². The number of Topliss-reactive ketones (excluding diaryl/α,β-unsaturated/α-hetero) is 2. The zero-order valence-electron chi connectivity index (χ0n) is 74.9. The van der Waals surface area contributed by atoms with Crippen LogP contribution in [0.5, 0.6) is 0 Å². The highest BCUT2D eigenvalue weighted by atomic mass is 16.8. The fourth-order valence-corrected chi connectivity index (χ4v) is 14.9. The number of amides is 9. The van der Waals surface area contributed by atoms with Crippen LogP contribution in [0, 0.1) is 0 Å². The standard InChI is InChI=1S/C83H142N10O39/c1-47-64(108)69(113)73(117)79(126-47)122-35-18-22-49(96)20-8-3-12-28-84-55(99)38-91(40-57(101)86-30-14-5-10-24-54(98)90-34-37-124-80-74(118)70(114)65(109)48(2)127-80)42-59(103)88-32-16-7-17-33-89-60(104)43-92(41-58(102)87-31-15-6-11-25-63(107)132-93-61(105)26-27-62(93)106)39-56(100)85-29-13-4-9-21-50(97)23-19-36-123-82-77(121)78(131-83-76(120)72(116)67(111)52(45-95)129-83)68(112)53(130-82)46-125-81-75(119)71(115)66(110)51(44-94)128-81/h47-48,51-53,64-83,94-95,108-121H,3-46H2,1-2H3,(H,84,99)(H,85,100)(H,86,101)(H,87,102)(H,88,103)(H,89,104)(H,90,98)/t47-,48-,51+,52+,53+,64+,65+,66+,67+,68+,69+,70+,71-,72-,73-,74-,75-,76-,77-,78-,79+,80+,81-,82-,83+/m0/s1. The van der Waals surface area contributed by atoms with E-state index in [1.165, 1.54) is 23.6 Å². The quantitative estimate of drug-likeness (QED) is 0.0199. The van der Waals surface area contributed by atoms with Gasteiger partial charge in [0.1, 0.15) is 121 Å². The zero-order chi connectivity index (χ0) is 96.9. The maximum atomic E-state index is 13.4. The van der Waals surface area contributed by atoms with Gasteiger partial charge in [0.15, 0.2) is 31.5 Å². The van der Waals surface area contributed by atoms with Gasteiger partial charge in [0.2, 0.25) is 41.4 Å². The number of aliphatic hydroxyl groups is 16. The van der Waals surface area contributed by atoms with Crippen molar-refractivity contribution in [3.63, 3.8) is 0 Å². The maximum Gasteiger partial charge on any atom is 0.333 e. The topological polar surface area (TPSA) is 724 Å². The molecular weight excluding hydrogens is 1760 g/mol. The molecule has 23 N–H and O–H groups in total. The summed E-state index contributed by atoms with van der Waals surface area (Å²) in [5.74, 6) is -5.51. The van der Waals surface area contributed by atoms with Crippen molar-refractivity contribution in [1.29, 1.82) is 0 Å². The first-order chi connectivity index (χ1) is 63.0. The number of unbranched alkanes of at least 4 members (excludes halogenated alkanes) is 10. The number of nitrogens with one attached hydrogen (secondary N) is 7. The van der Waals surface area contributed by atoms with Crippen LogP contribution in [0.25, 0.3) is 0 Å². The van der Waals surface area contributed by atoms with Gasteiger partial charge in [-0.25, -0.2) is 4.79 Å². The van der Waals surface area contributed by atoms with Crippen LogP contribution in [-0.2, 0) is 110 Å². The maximum absolute atomic E-state index is 13.4. The van der Waals surface area contributed by atoms with E-state index in [0.29, 0.717) is 108 Å². The fraction of sp³-hybridized carbons (Fsp3) is 0.855. The summed E-state index contributed by atoms with van der Waals surface area (Å²) < 4.78 is 55.5. The number of imide groups is 1. The van der Waals surface area contributed by atoms with Gasteiger partial charge in [0.05, 0.1) is 91.1 Å². The molecule has 0 unspecified atom stereocenters. The SMILES string of the molecule is C[C@@H]1O[C@@H](OCCCC(=O)CCCCCNC(=O)CN(CC(=O)NCCCCCNC(=O)CN(CC(=O)NCCCCCC(=O)CCCO[C@H]2O[C@H](CO[C@H]3O[C@H](CO)[C@@H](O)[C@H](O)[C@@H]3O)[C@@H](O)[C@H](O[C@H]3O[C@H](CO)[C@@H](O)[C@H](O)[C@@H]3O)[C@@H]2O)CC(=O)NCCCCCC(=O)ON2C(=O)CCC2=O)CC(=O)NCCCCCC(=O)NCCO[C@@H]2O[C@@H](C)[C@@H](O)[C@@H](O)[C@@H]2O)[C@@H](O)[C@H](O)[C@@H]1O. The van der Waals surface area contributed by atoms with Gasteiger partial charge in [0.25, 0.3) is 11.8 Å². The van der Waals surface area contributed by atoms with Crippen molar-refractivity contribution >= 4 is 70.7 Å². The molecule has 6 rings (SSSR count). The molecule has 0 aromatic rings. The first-order valence-corrected chi connectivity index (χ1v) is 45.6. The fourth-order valence-electron chi connectivity index (χ4n) is 14.9. The van der Waals surface area contributed by atoms with Crippen LogP contribution in [0.3, 0.4) is 0 Å². The Morgan fingerprint density at radius 3 is 1.02 bits per heavy atom. The van der Waals surface area contributed by atoms with Gasteiger partial charge in [-0.15, -0.1) is 5.06 Å². The summed E-state index contributed by atoms with van der Waals surface area (Å²) in [5.41, 5.74) is 0. The van der Waals surface area contributed by atoms with Crippen molar-refractivity contribution in [2.24, 2.45) is 0 Å². The Hall–Kier alpha value is -6.88. The Morgan fingerprint density at radius 2 is 0.629 bits per heavy atom. The van der Waals surface area contributed by atoms with Crippen molar-refractivity contribution in [1.82, 2.24) is 52.1 Å². The van der Waals surface area contributed by atoms with Crippen LogP contribution in [0.15, 0.2) is 0 Å². The molecule has 6 saturated heterocycles. The second-order valence-corrected chi connectivity index (χ2v) is 33.7. The Labute approximate surface area is 764 Å². The summed E-state index contributed by atoms with van der Waals surface area (Å²) in [5, 5.41) is 185. The Kier molecular flexibility index (Phi) is 52.9. The van der Waals surface area contributed by atoms with E-state index in [1.807, 2.05) is 0 Å². The zero-order valence-corrected chi connectivity index (χ0v) is 74.9. The van der Waals surface area contributed by atoms with Crippen LogP contribution >= 0.6 is 0 Å². The molecule has 6 aliphatic rings. The van der Waals surface area contributed by atoms with Crippen LogP contribution in [0.4, 0.5) is 0 Å². The second-order valence-electron chi connectivity index (χ2n) is 33.7. The van der Waals surface area contributed by atoms with Crippen molar-refractivity contribution in [2.75, 3.05) is 125 Å². The van der Waals surface area contributed by atoms with Gasteiger partial charge in [0, 0.05) is 97.2 Å². The number of ether oxygens (including phenoxy) is 10. The predicted octanol–water partition coefficient (Wildman–Crippen LogP) is -9.73. The summed E-state index contributed by atoms with van der Waals surface area (Å²) >= 11 is 0. The highest BCUT2D eigenvalue weighted by Gasteiger charge is 2.53. The van der Waals surface area contributed by atoms with Crippen molar-refractivity contribution in [3.05, 3.63) is 0 Å². The minimum atomic E-state index is -1.97. The molecule has 0 radical (unpaired) electrons. The highest BCUT2D eigenvalue weighted by Crippen LogP contribution is 2.32. The number of aliphatic hydroxyl groups excluding tert-OH is 16. The Morgan fingerprint density at radius 1 is 0.318 bits per heavy atom. The van der Waals surface area contributed by atoms with Gasteiger partial charge in [-0.3, -0.25) is 62.5 Å². The first-order valence-electron chi connectivity index (χ1n) is 45.6. The molecule has 0 saturated carbocycles. The van der Waals surface area contributed by atoms with Crippen molar-refractivity contribution in [2.45, 2.75) is 328 Å². The molecule has 0 aliphatic carbocycles. The molecular formula is C83H142N10O39. The van der Waals surface area contributed by atoms with Gasteiger partial charge in [-0.05, 0) is 97.3 Å². The van der Waals surface area contributed by atoms with E-state index >= 15 is 0 Å². The minimum Gasteiger partial charge on any atom is -0.394 e. The molecule has 49 nitrogen and oxygen atoms in total. The molecule has 6 fully saturated rings. The van der Waals surface area contributed by atoms with Gasteiger partial charge in [-0.1, -0.05) is 25.7 Å². The summed E-state index contributed by atoms with van der Waals surface area (Å²) in [4.78, 5) is 162. The molecule has 6 aliphatic heterocycles. The number of carbonyl (C=O) groups excluding carboxylic acids is 12. The minimum absolute atomic E-state index is 0.0159. The van der Waals surface area contributed by atoms with E-state index in [1.54, 1.807) is 0 Å². The van der Waals surface area contributed by atoms with Gasteiger partial charge < -0.3 is 171 Å². The smallest absolute Gasteiger partial charge is 0.333 e. The monoisotopic (exact) mass is 1900 g/mol. The molecule has 0 aromatic carbocycles. The number of ketones is 2. The predicted molar refractivity (Wildman–Crippen MR) is 449 cm³/mol. The average Bonchev–Trinajstić information content (AvgIpc) is 0.836. The van der Waals surface area contributed by atoms with E-state index in [9.17, 15) is 139 Å². The first kappa shape index (κ1) is 114. The Balaban J connectivity index is 0.914. The molecule has 0 spiro atoms. The summed E-state index contributed by atoms with van der Waals surface area (Å²) in [7, 11) is 0. The van der Waals surface area contributed by atoms with E-state index in [-0.39, 0.29) is 180 Å². The molecule has 758 valence electrons. The molecule has 9 amide bonds. The lowest BCUT2D eigenvalue weighted by Crippen LogP contribution is -2.65. The van der Waals surface area contributed by atoms with Crippen LogP contribution in [0.2, 0.25) is 0 Å². The average molecular weight is 1900 g/mol. The van der Waals surface area contributed by atoms with Crippen molar-refractivity contribution < 1.29 is 191 Å². The van der Waals surface area contributed by atoms with Crippen molar-refractivity contribution in [3.8, 4) is 0 Å². The largest absolute Gasteiger partial charge is 0.394 e. The van der Waals surface area contributed by atoms with Gasteiger partial charge >= 0.3 is 5.97 Å². The number of hydrogen-bond acceptors (Lipinski definition) is 41. The summed E-state index contributed by atoms with van der Waals surface area (Å²) in [6.07, 6.45) is -30.6. The lowest BCUT2D eigenvalue weighted by molar-refractivity contribution is -0.366. The summed E-state index contributed by atoms with van der Waals surface area (Å²) in [6, 6.07) is 0. The number of nitrogens with zero attached hydrogens (tertiary/aromatic N) is 3. The lowest BCUT2D eigenvalue weighted by atomic mass is 9.96. The van der Waals surface area contributed by atoms with E-state index in [4.69, 9.17) is 52.2 Å². The third-order valence-electron chi connectivity index (χ3n) is 22.7. The molecule has 132 heavy (non-hydrogen) atoms. The third-order valence-corrected chi connectivity index (χ3v) is 22.7.